The monoisotopic (exact) mass is 140 g/mol. The first-order chi connectivity index (χ1) is 4.63. The van der Waals surface area contributed by atoms with Crippen molar-refractivity contribution in [2.75, 3.05) is 0 Å². The molecule has 0 saturated carbocycles. The lowest BCUT2D eigenvalue weighted by Crippen LogP contribution is -1.88. The summed E-state index contributed by atoms with van der Waals surface area (Å²) < 4.78 is 0. The Bertz CT molecular complexity index is 107. The summed E-state index contributed by atoms with van der Waals surface area (Å²) in [5.74, 6) is 0.980. The Labute approximate surface area is 63.1 Å². The van der Waals surface area contributed by atoms with E-state index in [0.29, 0.717) is 11.8 Å². The van der Waals surface area contributed by atoms with E-state index in [1.165, 1.54) is 0 Å². The first-order valence-corrected chi connectivity index (χ1v) is 3.69. The summed E-state index contributed by atoms with van der Waals surface area (Å²) in [6, 6.07) is 0. The molecule has 0 aliphatic heterocycles. The Kier molecular flexibility index (Phi) is 4.81. The number of rotatable bonds is 3. The molecule has 0 amide bonds. The molecule has 0 heterocycles. The summed E-state index contributed by atoms with van der Waals surface area (Å²) >= 11 is 0. The normalized spacial score (nSPS) is 13.0. The van der Waals surface area contributed by atoms with Crippen molar-refractivity contribution in [3.8, 4) is 0 Å². The minimum Gasteiger partial charge on any atom is -0.164 e. The maximum absolute atomic E-state index is 3.86. The molecule has 0 N–H and O–H groups in total. The molecule has 0 radical (unpaired) electrons. The topological polar surface area (TPSA) is 24.7 Å². The number of hydrogen-bond acceptors (Lipinski definition) is 2. The molecule has 0 saturated heterocycles. The van der Waals surface area contributed by atoms with E-state index in [2.05, 4.69) is 37.9 Å². The SMILES string of the molecule is CC(C)C=NN=CC(C)C. The smallest absolute Gasteiger partial charge is 0.0295 e. The summed E-state index contributed by atoms with van der Waals surface area (Å²) in [5.41, 5.74) is 0. The van der Waals surface area contributed by atoms with Crippen molar-refractivity contribution in [2.24, 2.45) is 22.0 Å². The van der Waals surface area contributed by atoms with Gasteiger partial charge >= 0.3 is 0 Å². The van der Waals surface area contributed by atoms with Crippen molar-refractivity contribution >= 4 is 12.4 Å². The van der Waals surface area contributed by atoms with Gasteiger partial charge in [-0.15, -0.1) is 0 Å². The molecular formula is C8H16N2. The molecule has 0 aliphatic carbocycles. The third kappa shape index (κ3) is 7.34. The predicted octanol–water partition coefficient (Wildman–Crippen LogP) is 2.36. The maximum Gasteiger partial charge on any atom is 0.0295 e. The molecule has 2 nitrogen and oxygen atoms in total. The summed E-state index contributed by atoms with van der Waals surface area (Å²) in [6.45, 7) is 8.31. The number of nitrogens with zero attached hydrogens (tertiary/aromatic N) is 2. The van der Waals surface area contributed by atoms with Gasteiger partial charge in [-0.2, -0.15) is 10.2 Å². The minimum atomic E-state index is 0.490. The molecular weight excluding hydrogens is 124 g/mol. The molecule has 0 aromatic rings. The van der Waals surface area contributed by atoms with E-state index in [-0.39, 0.29) is 0 Å². The lowest BCUT2D eigenvalue weighted by molar-refractivity contribution is 0.885. The van der Waals surface area contributed by atoms with E-state index < -0.39 is 0 Å². The minimum absolute atomic E-state index is 0.490. The molecule has 0 unspecified atom stereocenters. The average molecular weight is 140 g/mol. The van der Waals surface area contributed by atoms with Gasteiger partial charge in [-0.1, -0.05) is 27.7 Å². The van der Waals surface area contributed by atoms with Crippen molar-refractivity contribution in [3.05, 3.63) is 0 Å². The van der Waals surface area contributed by atoms with Crippen LogP contribution in [-0.2, 0) is 0 Å². The zero-order chi connectivity index (χ0) is 7.98. The fraction of sp³-hybridized carbons (Fsp3) is 0.750. The lowest BCUT2D eigenvalue weighted by Gasteiger charge is -1.90. The highest BCUT2D eigenvalue weighted by atomic mass is 15.2. The Morgan fingerprint density at radius 2 is 1.10 bits per heavy atom. The van der Waals surface area contributed by atoms with Gasteiger partial charge in [0.05, 0.1) is 0 Å². The van der Waals surface area contributed by atoms with Crippen LogP contribution in [0, 0.1) is 11.8 Å². The fourth-order valence-corrected chi connectivity index (χ4v) is 0.344. The van der Waals surface area contributed by atoms with Crippen molar-refractivity contribution in [3.63, 3.8) is 0 Å². The van der Waals surface area contributed by atoms with Crippen LogP contribution in [-0.4, -0.2) is 12.4 Å². The molecule has 0 aliphatic rings. The molecule has 2 heteroatoms. The molecule has 0 spiro atoms. The number of hydrogen-bond donors (Lipinski definition) is 0. The van der Waals surface area contributed by atoms with Crippen LogP contribution in [0.3, 0.4) is 0 Å². The van der Waals surface area contributed by atoms with Gasteiger partial charge in [0.2, 0.25) is 0 Å². The van der Waals surface area contributed by atoms with Gasteiger partial charge < -0.3 is 0 Å². The molecule has 58 valence electrons. The van der Waals surface area contributed by atoms with Crippen LogP contribution in [0.2, 0.25) is 0 Å². The second-order valence-electron chi connectivity index (χ2n) is 3.02. The Hall–Kier alpha value is -0.660. The van der Waals surface area contributed by atoms with Crippen LogP contribution in [0.4, 0.5) is 0 Å². The average Bonchev–Trinajstić information content (AvgIpc) is 1.79. The Morgan fingerprint density at radius 3 is 1.30 bits per heavy atom. The highest BCUT2D eigenvalue weighted by Gasteiger charge is 1.83. The van der Waals surface area contributed by atoms with Crippen molar-refractivity contribution < 1.29 is 0 Å². The molecule has 0 aromatic carbocycles. The van der Waals surface area contributed by atoms with Crippen LogP contribution in [0.1, 0.15) is 27.7 Å². The largest absolute Gasteiger partial charge is 0.164 e. The summed E-state index contributed by atoms with van der Waals surface area (Å²) in [5, 5.41) is 7.71. The summed E-state index contributed by atoms with van der Waals surface area (Å²) in [4.78, 5) is 0. The van der Waals surface area contributed by atoms with Gasteiger partial charge in [-0.25, -0.2) is 0 Å². The molecule has 0 fully saturated rings. The van der Waals surface area contributed by atoms with E-state index in [1.54, 1.807) is 0 Å². The standard InChI is InChI=1S/C8H16N2/c1-7(2)5-9-10-6-8(3)4/h5-8H,1-4H3. The molecule has 0 bridgehead atoms. The first-order valence-electron chi connectivity index (χ1n) is 3.69. The molecule has 0 aromatic heterocycles. The molecule has 10 heavy (non-hydrogen) atoms. The quantitative estimate of drug-likeness (QED) is 0.424. The first kappa shape index (κ1) is 9.34. The summed E-state index contributed by atoms with van der Waals surface area (Å²) in [6.07, 6.45) is 3.66. The van der Waals surface area contributed by atoms with E-state index >= 15 is 0 Å². The van der Waals surface area contributed by atoms with Crippen LogP contribution in [0.15, 0.2) is 10.2 Å². The Morgan fingerprint density at radius 1 is 0.800 bits per heavy atom. The zero-order valence-corrected chi connectivity index (χ0v) is 7.20. The van der Waals surface area contributed by atoms with Gasteiger partial charge in [-0.05, 0) is 11.8 Å². The van der Waals surface area contributed by atoms with Crippen LogP contribution in [0.25, 0.3) is 0 Å². The molecule has 0 atom stereocenters. The van der Waals surface area contributed by atoms with Crippen molar-refractivity contribution in [1.29, 1.82) is 0 Å². The Balaban J connectivity index is 3.52. The van der Waals surface area contributed by atoms with Crippen LogP contribution >= 0.6 is 0 Å². The van der Waals surface area contributed by atoms with Gasteiger partial charge in [0.25, 0.3) is 0 Å². The van der Waals surface area contributed by atoms with Gasteiger partial charge in [-0.3, -0.25) is 0 Å². The van der Waals surface area contributed by atoms with E-state index in [0.717, 1.165) is 0 Å². The third-order valence-corrected chi connectivity index (χ3v) is 0.796. The van der Waals surface area contributed by atoms with Crippen LogP contribution in [0.5, 0.6) is 0 Å². The van der Waals surface area contributed by atoms with Crippen molar-refractivity contribution in [1.82, 2.24) is 0 Å². The fourth-order valence-electron chi connectivity index (χ4n) is 0.344. The highest BCUT2D eigenvalue weighted by molar-refractivity contribution is 5.63. The van der Waals surface area contributed by atoms with Gasteiger partial charge in [0.1, 0.15) is 0 Å². The van der Waals surface area contributed by atoms with E-state index in [9.17, 15) is 0 Å². The van der Waals surface area contributed by atoms with E-state index in [4.69, 9.17) is 0 Å². The summed E-state index contributed by atoms with van der Waals surface area (Å²) in [7, 11) is 0. The predicted molar refractivity (Wildman–Crippen MR) is 46.7 cm³/mol. The van der Waals surface area contributed by atoms with Gasteiger partial charge in [0, 0.05) is 12.4 Å². The van der Waals surface area contributed by atoms with Gasteiger partial charge in [0.15, 0.2) is 0 Å². The second-order valence-corrected chi connectivity index (χ2v) is 3.02. The second kappa shape index (κ2) is 5.15. The zero-order valence-electron chi connectivity index (χ0n) is 7.20. The van der Waals surface area contributed by atoms with Crippen LogP contribution < -0.4 is 0 Å². The highest BCUT2D eigenvalue weighted by Crippen LogP contribution is 1.87. The third-order valence-electron chi connectivity index (χ3n) is 0.796. The lowest BCUT2D eigenvalue weighted by atomic mass is 10.2. The molecule has 0 rings (SSSR count). The van der Waals surface area contributed by atoms with Crippen molar-refractivity contribution in [2.45, 2.75) is 27.7 Å². The maximum atomic E-state index is 3.86. The van der Waals surface area contributed by atoms with E-state index in [1.807, 2.05) is 12.4 Å².